The fourth-order valence-electron chi connectivity index (χ4n) is 3.02. The maximum Gasteiger partial charge on any atom is 0.253 e. The minimum absolute atomic E-state index is 0.00674. The molecule has 1 aliphatic heterocycles. The van der Waals surface area contributed by atoms with Gasteiger partial charge in [0.15, 0.2) is 0 Å². The average molecular weight is 385 g/mol. The third kappa shape index (κ3) is 5.52. The van der Waals surface area contributed by atoms with E-state index >= 15 is 0 Å². The Morgan fingerprint density at radius 2 is 1.85 bits per heavy atom. The van der Waals surface area contributed by atoms with Crippen LogP contribution in [-0.4, -0.2) is 34.9 Å². The number of piperidine rings is 1. The Bertz CT molecular complexity index is 805. The highest BCUT2D eigenvalue weighted by Crippen LogP contribution is 2.16. The van der Waals surface area contributed by atoms with Crippen molar-refractivity contribution >= 4 is 29.2 Å². The number of thiophene rings is 1. The van der Waals surface area contributed by atoms with Crippen LogP contribution in [0.4, 0.5) is 0 Å². The van der Waals surface area contributed by atoms with Gasteiger partial charge in [0.25, 0.3) is 5.91 Å². The van der Waals surface area contributed by atoms with E-state index in [1.165, 1.54) is 23.8 Å². The number of amides is 2. The summed E-state index contributed by atoms with van der Waals surface area (Å²) >= 11 is 1.48. The third-order valence-corrected chi connectivity index (χ3v) is 5.51. The van der Waals surface area contributed by atoms with Gasteiger partial charge >= 0.3 is 0 Å². The van der Waals surface area contributed by atoms with E-state index in [-0.39, 0.29) is 18.4 Å². The van der Waals surface area contributed by atoms with Crippen molar-refractivity contribution in [1.82, 2.24) is 10.2 Å². The Morgan fingerprint density at radius 1 is 1.11 bits per heavy atom. The predicted octanol–water partition coefficient (Wildman–Crippen LogP) is 3.20. The van der Waals surface area contributed by atoms with Gasteiger partial charge in [0.05, 0.1) is 6.61 Å². The number of carbonyl (C=O) groups excluding carboxylic acids is 2. The molecule has 2 heterocycles. The predicted molar refractivity (Wildman–Crippen MR) is 107 cm³/mol. The Kier molecular flexibility index (Phi) is 6.79. The van der Waals surface area contributed by atoms with Crippen molar-refractivity contribution in [2.75, 3.05) is 13.1 Å². The number of likely N-dealkylation sites (tertiary alicyclic amines) is 1. The van der Waals surface area contributed by atoms with Gasteiger partial charge in [0.2, 0.25) is 5.91 Å². The van der Waals surface area contributed by atoms with E-state index in [2.05, 4.69) is 5.32 Å². The van der Waals surface area contributed by atoms with E-state index in [1.807, 2.05) is 40.6 Å². The summed E-state index contributed by atoms with van der Waals surface area (Å²) in [6.07, 6.45) is 6.58. The van der Waals surface area contributed by atoms with Crippen molar-refractivity contribution in [1.29, 1.82) is 0 Å². The molecule has 0 atom stereocenters. The molecule has 6 heteroatoms. The van der Waals surface area contributed by atoms with E-state index in [9.17, 15) is 9.59 Å². The highest BCUT2D eigenvalue weighted by atomic mass is 32.1. The molecule has 0 aliphatic carbocycles. The summed E-state index contributed by atoms with van der Waals surface area (Å²) in [5.74, 6) is -0.0890. The van der Waals surface area contributed by atoms with E-state index in [4.69, 9.17) is 5.11 Å². The Balaban J connectivity index is 1.49. The molecule has 2 N–H and O–H groups in total. The summed E-state index contributed by atoms with van der Waals surface area (Å²) < 4.78 is 0. The monoisotopic (exact) mass is 384 g/mol. The van der Waals surface area contributed by atoms with Gasteiger partial charge in [-0.15, -0.1) is 11.3 Å². The molecule has 1 aliphatic rings. The lowest BCUT2D eigenvalue weighted by atomic mass is 10.1. The third-order valence-electron chi connectivity index (χ3n) is 4.57. The largest absolute Gasteiger partial charge is 0.392 e. The molecule has 1 aromatic carbocycles. The zero-order valence-corrected chi connectivity index (χ0v) is 16.0. The summed E-state index contributed by atoms with van der Waals surface area (Å²) in [6, 6.07) is 9.28. The molecule has 0 unspecified atom stereocenters. The quantitative estimate of drug-likeness (QED) is 0.752. The molecule has 5 nitrogen and oxygen atoms in total. The van der Waals surface area contributed by atoms with Crippen molar-refractivity contribution < 1.29 is 14.7 Å². The lowest BCUT2D eigenvalue weighted by Crippen LogP contribution is -2.35. The molecule has 0 bridgehead atoms. The number of nitrogens with one attached hydrogen (secondary N) is 1. The van der Waals surface area contributed by atoms with E-state index in [0.29, 0.717) is 12.1 Å². The van der Waals surface area contributed by atoms with Gasteiger partial charge in [0, 0.05) is 36.2 Å². The lowest BCUT2D eigenvalue weighted by Gasteiger charge is -2.26. The first-order chi connectivity index (χ1) is 13.2. The molecule has 27 heavy (non-hydrogen) atoms. The number of hydrogen-bond donors (Lipinski definition) is 2. The molecule has 2 aromatic rings. The van der Waals surface area contributed by atoms with Crippen molar-refractivity contribution in [3.05, 3.63) is 63.4 Å². The van der Waals surface area contributed by atoms with E-state index in [0.717, 1.165) is 41.9 Å². The van der Waals surface area contributed by atoms with Gasteiger partial charge in [-0.1, -0.05) is 12.1 Å². The molecule has 0 radical (unpaired) electrons. The van der Waals surface area contributed by atoms with Crippen LogP contribution in [-0.2, 0) is 17.9 Å². The first-order valence-corrected chi connectivity index (χ1v) is 10.1. The van der Waals surface area contributed by atoms with Crippen molar-refractivity contribution in [3.8, 4) is 0 Å². The van der Waals surface area contributed by atoms with Gasteiger partial charge in [-0.2, -0.15) is 0 Å². The summed E-state index contributed by atoms with van der Waals surface area (Å²) in [5.41, 5.74) is 2.49. The lowest BCUT2D eigenvalue weighted by molar-refractivity contribution is -0.116. The molecule has 2 amide bonds. The first kappa shape index (κ1) is 19.3. The smallest absolute Gasteiger partial charge is 0.253 e. The maximum absolute atomic E-state index is 12.5. The summed E-state index contributed by atoms with van der Waals surface area (Å²) in [7, 11) is 0. The normalized spacial score (nSPS) is 14.5. The molecule has 0 saturated carbocycles. The Hall–Kier alpha value is -2.44. The van der Waals surface area contributed by atoms with Crippen molar-refractivity contribution in [2.24, 2.45) is 0 Å². The van der Waals surface area contributed by atoms with E-state index in [1.54, 1.807) is 6.08 Å². The molecule has 142 valence electrons. The highest BCUT2D eigenvalue weighted by molar-refractivity contribution is 7.11. The fraction of sp³-hybridized carbons (Fsp3) is 0.333. The molecule has 1 saturated heterocycles. The minimum Gasteiger partial charge on any atom is -0.392 e. The SMILES string of the molecule is O=C(C=Cc1cc(CO)cs1)NCc1ccc(C(=O)N2CCCCC2)cc1. The molecular weight excluding hydrogens is 360 g/mol. The topological polar surface area (TPSA) is 69.6 Å². The van der Waals surface area contributed by atoms with Crippen LogP contribution in [0.5, 0.6) is 0 Å². The number of aliphatic hydroxyl groups excluding tert-OH is 1. The van der Waals surface area contributed by atoms with Crippen LogP contribution in [0.15, 0.2) is 41.8 Å². The second kappa shape index (κ2) is 9.48. The zero-order chi connectivity index (χ0) is 19.1. The van der Waals surface area contributed by atoms with Gasteiger partial charge in [-0.05, 0) is 60.0 Å². The van der Waals surface area contributed by atoms with Crippen LogP contribution < -0.4 is 5.32 Å². The number of rotatable bonds is 6. The second-order valence-corrected chi connectivity index (χ2v) is 7.56. The minimum atomic E-state index is -0.178. The summed E-state index contributed by atoms with van der Waals surface area (Å²) in [6.45, 7) is 2.10. The maximum atomic E-state index is 12.5. The number of nitrogens with zero attached hydrogens (tertiary/aromatic N) is 1. The molecule has 0 spiro atoms. The highest BCUT2D eigenvalue weighted by Gasteiger charge is 2.17. The van der Waals surface area contributed by atoms with Crippen LogP contribution in [0.1, 0.15) is 45.6 Å². The standard InChI is InChI=1S/C21H24N2O3S/c24-14-17-12-19(27-15-17)8-9-20(25)22-13-16-4-6-18(7-5-16)21(26)23-10-2-1-3-11-23/h4-9,12,15,24H,1-3,10-11,13-14H2,(H,22,25). The van der Waals surface area contributed by atoms with E-state index < -0.39 is 0 Å². The van der Waals surface area contributed by atoms with Crippen LogP contribution in [0, 0.1) is 0 Å². The Morgan fingerprint density at radius 3 is 2.52 bits per heavy atom. The molecule has 1 aromatic heterocycles. The molecule has 3 rings (SSSR count). The van der Waals surface area contributed by atoms with Crippen LogP contribution in [0.3, 0.4) is 0 Å². The number of benzene rings is 1. The summed E-state index contributed by atoms with van der Waals surface area (Å²) in [4.78, 5) is 27.2. The Labute approximate surface area is 163 Å². The van der Waals surface area contributed by atoms with Gasteiger partial charge in [-0.25, -0.2) is 0 Å². The van der Waals surface area contributed by atoms with Crippen LogP contribution >= 0.6 is 11.3 Å². The summed E-state index contributed by atoms with van der Waals surface area (Å²) in [5, 5.41) is 13.7. The van der Waals surface area contributed by atoms with Gasteiger partial charge < -0.3 is 15.3 Å². The molecular formula is C21H24N2O3S. The fourth-order valence-corrected chi connectivity index (χ4v) is 3.81. The number of hydrogen-bond acceptors (Lipinski definition) is 4. The second-order valence-electron chi connectivity index (χ2n) is 6.62. The molecule has 1 fully saturated rings. The average Bonchev–Trinajstić information content (AvgIpc) is 3.19. The van der Waals surface area contributed by atoms with Crippen LogP contribution in [0.25, 0.3) is 6.08 Å². The van der Waals surface area contributed by atoms with Gasteiger partial charge in [-0.3, -0.25) is 9.59 Å². The number of carbonyl (C=O) groups is 2. The van der Waals surface area contributed by atoms with Crippen molar-refractivity contribution in [3.63, 3.8) is 0 Å². The first-order valence-electron chi connectivity index (χ1n) is 9.18. The van der Waals surface area contributed by atoms with Crippen LogP contribution in [0.2, 0.25) is 0 Å². The van der Waals surface area contributed by atoms with Gasteiger partial charge in [0.1, 0.15) is 0 Å². The van der Waals surface area contributed by atoms with Crippen molar-refractivity contribution in [2.45, 2.75) is 32.4 Å². The zero-order valence-electron chi connectivity index (χ0n) is 15.2. The number of aliphatic hydroxyl groups is 1.